The van der Waals surface area contributed by atoms with E-state index in [2.05, 4.69) is 20.3 Å². The van der Waals surface area contributed by atoms with Crippen LogP contribution in [0.5, 0.6) is 5.75 Å². The number of aromatic nitrogens is 4. The van der Waals surface area contributed by atoms with E-state index in [9.17, 15) is 13.6 Å². The predicted octanol–water partition coefficient (Wildman–Crippen LogP) is 3.55. The molecule has 1 aromatic heterocycles. The van der Waals surface area contributed by atoms with Crippen molar-refractivity contribution in [2.24, 2.45) is 0 Å². The minimum Gasteiger partial charge on any atom is -0.435 e. The molecule has 0 saturated carbocycles. The maximum absolute atomic E-state index is 12.3. The number of ether oxygens (including phenoxy) is 1. The minimum atomic E-state index is -2.90. The Kier molecular flexibility index (Phi) is 5.57. The van der Waals surface area contributed by atoms with Crippen LogP contribution in [0.25, 0.3) is 5.69 Å². The molecule has 6 nitrogen and oxygen atoms in total. The molecular formula is C17H14F2N4O2S. The summed E-state index contributed by atoms with van der Waals surface area (Å²) in [5, 5.41) is 12.0. The second kappa shape index (κ2) is 8.05. The van der Waals surface area contributed by atoms with Gasteiger partial charge in [0, 0.05) is 5.56 Å². The molecule has 0 aliphatic rings. The first-order valence-corrected chi connectivity index (χ1v) is 8.58. The molecule has 1 heterocycles. The maximum Gasteiger partial charge on any atom is 0.387 e. The molecule has 0 bridgehead atoms. The zero-order chi connectivity index (χ0) is 18.5. The zero-order valence-electron chi connectivity index (χ0n) is 13.7. The fourth-order valence-electron chi connectivity index (χ4n) is 2.23. The van der Waals surface area contributed by atoms with Crippen molar-refractivity contribution in [3.8, 4) is 11.4 Å². The average molecular weight is 376 g/mol. The minimum absolute atomic E-state index is 0.00703. The van der Waals surface area contributed by atoms with E-state index in [0.29, 0.717) is 10.7 Å². The highest BCUT2D eigenvalue weighted by Crippen LogP contribution is 2.21. The monoisotopic (exact) mass is 376 g/mol. The predicted molar refractivity (Wildman–Crippen MR) is 92.0 cm³/mol. The number of halogens is 2. The van der Waals surface area contributed by atoms with Gasteiger partial charge in [-0.25, -0.2) is 0 Å². The number of rotatable bonds is 7. The number of thioether (sulfide) groups is 1. The summed E-state index contributed by atoms with van der Waals surface area (Å²) >= 11 is 1.20. The average Bonchev–Trinajstić information content (AvgIpc) is 3.08. The summed E-state index contributed by atoms with van der Waals surface area (Å²) in [6.45, 7) is -0.932. The number of nitrogens with zero attached hydrogens (tertiary/aromatic N) is 4. The van der Waals surface area contributed by atoms with Crippen LogP contribution < -0.4 is 4.74 Å². The number of tetrazole rings is 1. The lowest BCUT2D eigenvalue weighted by Gasteiger charge is -2.06. The number of carbonyl (C=O) groups is 1. The first-order valence-electron chi connectivity index (χ1n) is 7.59. The van der Waals surface area contributed by atoms with Gasteiger partial charge in [0.05, 0.1) is 11.4 Å². The van der Waals surface area contributed by atoms with Gasteiger partial charge >= 0.3 is 6.61 Å². The molecule has 0 N–H and O–H groups in total. The van der Waals surface area contributed by atoms with Crippen molar-refractivity contribution in [1.82, 2.24) is 20.2 Å². The zero-order valence-corrected chi connectivity index (χ0v) is 14.5. The SMILES string of the molecule is Cc1cccc(-n2nnnc2SCC(=O)c2ccc(OC(F)F)cc2)c1. The fourth-order valence-corrected chi connectivity index (χ4v) is 3.01. The first-order chi connectivity index (χ1) is 12.5. The van der Waals surface area contributed by atoms with Gasteiger partial charge in [-0.2, -0.15) is 13.5 Å². The van der Waals surface area contributed by atoms with E-state index in [0.717, 1.165) is 11.3 Å². The summed E-state index contributed by atoms with van der Waals surface area (Å²) < 4.78 is 30.1. The molecule has 0 fully saturated rings. The van der Waals surface area contributed by atoms with E-state index in [-0.39, 0.29) is 17.3 Å². The second-order valence-corrected chi connectivity index (χ2v) is 6.27. The van der Waals surface area contributed by atoms with Crippen LogP contribution in [0.4, 0.5) is 8.78 Å². The molecular weight excluding hydrogens is 362 g/mol. The molecule has 0 spiro atoms. The molecule has 0 unspecified atom stereocenters. The molecule has 0 amide bonds. The summed E-state index contributed by atoms with van der Waals surface area (Å²) in [7, 11) is 0. The molecule has 3 aromatic rings. The number of alkyl halides is 2. The Hall–Kier alpha value is -2.81. The van der Waals surface area contributed by atoms with Crippen LogP contribution in [0.15, 0.2) is 53.7 Å². The van der Waals surface area contributed by atoms with Gasteiger partial charge in [0.1, 0.15) is 5.75 Å². The van der Waals surface area contributed by atoms with Crippen LogP contribution in [-0.4, -0.2) is 38.4 Å². The summed E-state index contributed by atoms with van der Waals surface area (Å²) in [6.07, 6.45) is 0. The van der Waals surface area contributed by atoms with Gasteiger partial charge in [0.15, 0.2) is 5.78 Å². The second-order valence-electron chi connectivity index (χ2n) is 5.33. The third-order valence-corrected chi connectivity index (χ3v) is 4.34. The van der Waals surface area contributed by atoms with E-state index in [1.165, 1.54) is 36.0 Å². The molecule has 9 heteroatoms. The number of ketones is 1. The van der Waals surface area contributed by atoms with E-state index < -0.39 is 6.61 Å². The van der Waals surface area contributed by atoms with E-state index in [1.807, 2.05) is 31.2 Å². The summed E-state index contributed by atoms with van der Waals surface area (Å²) in [6, 6.07) is 13.2. The van der Waals surface area contributed by atoms with Crippen LogP contribution in [0.3, 0.4) is 0 Å². The summed E-state index contributed by atoms with van der Waals surface area (Å²) in [5.74, 6) is -0.0497. The van der Waals surface area contributed by atoms with Crippen LogP contribution >= 0.6 is 11.8 Å². The Labute approximate surface area is 152 Å². The topological polar surface area (TPSA) is 69.9 Å². The van der Waals surface area contributed by atoms with Gasteiger partial charge in [-0.1, -0.05) is 23.9 Å². The van der Waals surface area contributed by atoms with Crippen molar-refractivity contribution in [2.45, 2.75) is 18.7 Å². The lowest BCUT2D eigenvalue weighted by molar-refractivity contribution is -0.0498. The van der Waals surface area contributed by atoms with Crippen molar-refractivity contribution in [3.63, 3.8) is 0 Å². The lowest BCUT2D eigenvalue weighted by Crippen LogP contribution is -2.06. The Morgan fingerprint density at radius 2 is 2.00 bits per heavy atom. The quantitative estimate of drug-likeness (QED) is 0.464. The number of hydrogen-bond acceptors (Lipinski definition) is 6. The van der Waals surface area contributed by atoms with Crippen molar-refractivity contribution >= 4 is 17.5 Å². The van der Waals surface area contributed by atoms with Gasteiger partial charge in [-0.15, -0.1) is 5.10 Å². The van der Waals surface area contributed by atoms with E-state index >= 15 is 0 Å². The number of benzene rings is 2. The Morgan fingerprint density at radius 3 is 2.69 bits per heavy atom. The van der Waals surface area contributed by atoms with Crippen molar-refractivity contribution in [3.05, 3.63) is 59.7 Å². The molecule has 0 atom stereocenters. The molecule has 0 saturated heterocycles. The molecule has 0 radical (unpaired) electrons. The molecule has 0 aliphatic carbocycles. The van der Waals surface area contributed by atoms with Crippen LogP contribution in [0.2, 0.25) is 0 Å². The van der Waals surface area contributed by atoms with Crippen LogP contribution in [0, 0.1) is 6.92 Å². The fraction of sp³-hybridized carbons (Fsp3) is 0.176. The van der Waals surface area contributed by atoms with E-state index in [1.54, 1.807) is 4.68 Å². The molecule has 3 rings (SSSR count). The number of Topliss-reactive ketones (excluding diaryl/α,β-unsaturated/α-hetero) is 1. The Bertz CT molecular complexity index is 900. The largest absolute Gasteiger partial charge is 0.435 e. The third kappa shape index (κ3) is 4.42. The number of aryl methyl sites for hydroxylation is 1. The van der Waals surface area contributed by atoms with Gasteiger partial charge in [0.25, 0.3) is 0 Å². The van der Waals surface area contributed by atoms with Gasteiger partial charge in [-0.05, 0) is 59.3 Å². The molecule has 2 aromatic carbocycles. The Morgan fingerprint density at radius 1 is 1.23 bits per heavy atom. The smallest absolute Gasteiger partial charge is 0.387 e. The Balaban J connectivity index is 1.66. The maximum atomic E-state index is 12.3. The number of carbonyl (C=O) groups excluding carboxylic acids is 1. The third-order valence-electron chi connectivity index (χ3n) is 3.42. The van der Waals surface area contributed by atoms with Crippen LogP contribution in [0.1, 0.15) is 15.9 Å². The standard InChI is InChI=1S/C17H14F2N4O2S/c1-11-3-2-4-13(9-11)23-17(20-21-22-23)26-10-15(24)12-5-7-14(8-6-12)25-16(18)19/h2-9,16H,10H2,1H3. The van der Waals surface area contributed by atoms with Crippen molar-refractivity contribution < 1.29 is 18.3 Å². The first kappa shape index (κ1) is 18.0. The van der Waals surface area contributed by atoms with Crippen molar-refractivity contribution in [2.75, 3.05) is 5.75 Å². The molecule has 134 valence electrons. The van der Waals surface area contributed by atoms with Crippen molar-refractivity contribution in [1.29, 1.82) is 0 Å². The highest BCUT2D eigenvalue weighted by molar-refractivity contribution is 7.99. The molecule has 0 aliphatic heterocycles. The highest BCUT2D eigenvalue weighted by Gasteiger charge is 2.13. The van der Waals surface area contributed by atoms with E-state index in [4.69, 9.17) is 0 Å². The highest BCUT2D eigenvalue weighted by atomic mass is 32.2. The lowest BCUT2D eigenvalue weighted by atomic mass is 10.1. The normalized spacial score (nSPS) is 10.9. The molecule has 26 heavy (non-hydrogen) atoms. The summed E-state index contributed by atoms with van der Waals surface area (Å²) in [5.41, 5.74) is 2.27. The number of hydrogen-bond donors (Lipinski definition) is 0. The van der Waals surface area contributed by atoms with Crippen LogP contribution in [-0.2, 0) is 0 Å². The van der Waals surface area contributed by atoms with Gasteiger partial charge in [-0.3, -0.25) is 4.79 Å². The summed E-state index contributed by atoms with van der Waals surface area (Å²) in [4.78, 5) is 12.3. The van der Waals surface area contributed by atoms with Gasteiger partial charge in [0.2, 0.25) is 5.16 Å². The van der Waals surface area contributed by atoms with Gasteiger partial charge < -0.3 is 4.74 Å².